The lowest BCUT2D eigenvalue weighted by molar-refractivity contribution is -0.166. The monoisotopic (exact) mass is 655 g/mol. The molecule has 10 nitrogen and oxygen atoms in total. The van der Waals surface area contributed by atoms with E-state index in [0.717, 1.165) is 30.8 Å². The predicted octanol–water partition coefficient (Wildman–Crippen LogP) is 4.94. The van der Waals surface area contributed by atoms with Crippen LogP contribution in [0.25, 0.3) is 5.57 Å². The highest BCUT2D eigenvalue weighted by Crippen LogP contribution is 2.28. The Balaban J connectivity index is 0.000000219. The molecule has 3 unspecified atom stereocenters. The first-order valence-electron chi connectivity index (χ1n) is 15.0. The number of carbonyl (C=O) groups is 4. The van der Waals surface area contributed by atoms with Gasteiger partial charge in [0.1, 0.15) is 5.82 Å². The van der Waals surface area contributed by atoms with Crippen LogP contribution in [-0.4, -0.2) is 76.0 Å². The van der Waals surface area contributed by atoms with E-state index >= 15 is 0 Å². The standard InChI is InChI=1S/C19H20FNO.C18H14O8/c20-18-8-6-16(7-9-18)19-10-11-21(13-17(19)14-22)12-15-4-2-1-3-5-15;19-15(20)13(25-17(23)11-7-3-1-4-8-11)14(16(21)22)26-18(24)12-9-5-2-6-10-12/h1-10,17,22H,11-14H2;1-10,13-14H,(H,19,20)(H,21,22). The Kier molecular flexibility index (Phi) is 12.7. The number of hydrogen-bond donors (Lipinski definition) is 3. The molecular weight excluding hydrogens is 621 g/mol. The number of hydrogen-bond acceptors (Lipinski definition) is 8. The number of nitrogens with zero attached hydrogens (tertiary/aromatic N) is 1. The highest BCUT2D eigenvalue weighted by atomic mass is 19.1. The minimum Gasteiger partial charge on any atom is -0.478 e. The van der Waals surface area contributed by atoms with Crippen LogP contribution in [0.5, 0.6) is 0 Å². The van der Waals surface area contributed by atoms with Crippen LogP contribution in [0.15, 0.2) is 121 Å². The summed E-state index contributed by atoms with van der Waals surface area (Å²) in [4.78, 5) is 49.2. The zero-order valence-corrected chi connectivity index (χ0v) is 25.7. The van der Waals surface area contributed by atoms with Crippen molar-refractivity contribution >= 4 is 29.5 Å². The van der Waals surface area contributed by atoms with E-state index in [4.69, 9.17) is 9.47 Å². The molecule has 0 fully saturated rings. The van der Waals surface area contributed by atoms with Gasteiger partial charge in [-0.15, -0.1) is 0 Å². The van der Waals surface area contributed by atoms with Crippen molar-refractivity contribution < 1.29 is 48.4 Å². The zero-order chi connectivity index (χ0) is 34.5. The molecular formula is C37H34FNO9. The molecule has 3 N–H and O–H groups in total. The van der Waals surface area contributed by atoms with Crippen LogP contribution in [0.2, 0.25) is 0 Å². The van der Waals surface area contributed by atoms with E-state index < -0.39 is 36.1 Å². The number of halogens is 1. The van der Waals surface area contributed by atoms with Crippen LogP contribution in [-0.2, 0) is 25.6 Å². The number of rotatable bonds is 11. The second-order valence-corrected chi connectivity index (χ2v) is 10.8. The molecule has 0 saturated carbocycles. The van der Waals surface area contributed by atoms with Crippen LogP contribution in [0.3, 0.4) is 0 Å². The highest BCUT2D eigenvalue weighted by molar-refractivity contribution is 5.95. The number of esters is 2. The smallest absolute Gasteiger partial charge is 0.349 e. The van der Waals surface area contributed by atoms with Crippen molar-refractivity contribution in [1.29, 1.82) is 0 Å². The first kappa shape index (κ1) is 35.2. The number of carbonyl (C=O) groups excluding carboxylic acids is 2. The van der Waals surface area contributed by atoms with E-state index in [1.54, 1.807) is 24.3 Å². The summed E-state index contributed by atoms with van der Waals surface area (Å²) in [5.74, 6) is -5.79. The summed E-state index contributed by atoms with van der Waals surface area (Å²) in [5, 5.41) is 28.2. The Hall–Kier alpha value is -5.65. The molecule has 1 heterocycles. The average Bonchev–Trinajstić information content (AvgIpc) is 3.11. The van der Waals surface area contributed by atoms with Crippen LogP contribution < -0.4 is 0 Å². The van der Waals surface area contributed by atoms with Crippen molar-refractivity contribution in [2.24, 2.45) is 5.92 Å². The number of aliphatic hydroxyl groups is 1. The van der Waals surface area contributed by atoms with Gasteiger partial charge in [-0.1, -0.05) is 84.9 Å². The van der Waals surface area contributed by atoms with Gasteiger partial charge in [-0.3, -0.25) is 4.90 Å². The van der Waals surface area contributed by atoms with Crippen molar-refractivity contribution in [2.45, 2.75) is 18.8 Å². The third-order valence-electron chi connectivity index (χ3n) is 7.38. The molecule has 0 aliphatic carbocycles. The predicted molar refractivity (Wildman–Crippen MR) is 173 cm³/mol. The maximum Gasteiger partial charge on any atom is 0.349 e. The molecule has 0 amide bonds. The lowest BCUT2D eigenvalue weighted by atomic mass is 9.89. The molecule has 3 atom stereocenters. The second-order valence-electron chi connectivity index (χ2n) is 10.8. The first-order chi connectivity index (χ1) is 23.2. The lowest BCUT2D eigenvalue weighted by Gasteiger charge is -2.32. The van der Waals surface area contributed by atoms with Gasteiger partial charge in [0.15, 0.2) is 0 Å². The first-order valence-corrected chi connectivity index (χ1v) is 15.0. The normalized spacial score (nSPS) is 15.5. The number of ether oxygens (including phenoxy) is 2. The van der Waals surface area contributed by atoms with Gasteiger partial charge in [0.25, 0.3) is 0 Å². The van der Waals surface area contributed by atoms with Crippen molar-refractivity contribution in [3.8, 4) is 0 Å². The van der Waals surface area contributed by atoms with Gasteiger partial charge in [-0.2, -0.15) is 0 Å². The molecule has 5 rings (SSSR count). The summed E-state index contributed by atoms with van der Waals surface area (Å²) in [6, 6.07) is 31.7. The SMILES string of the molecule is O=C(OC(C(=O)O)C(OC(=O)c1ccccc1)C(=O)O)c1ccccc1.OCC1CN(Cc2ccccc2)CC=C1c1ccc(F)cc1. The number of carboxylic acids is 2. The van der Waals surface area contributed by atoms with Crippen LogP contribution in [0.1, 0.15) is 31.8 Å². The highest BCUT2D eigenvalue weighted by Gasteiger charge is 2.41. The molecule has 48 heavy (non-hydrogen) atoms. The Morgan fingerprint density at radius 3 is 1.60 bits per heavy atom. The summed E-state index contributed by atoms with van der Waals surface area (Å²) in [6.45, 7) is 2.64. The molecule has 248 valence electrons. The van der Waals surface area contributed by atoms with E-state index in [9.17, 15) is 38.9 Å². The summed E-state index contributed by atoms with van der Waals surface area (Å²) in [5.41, 5.74) is 3.44. The van der Waals surface area contributed by atoms with E-state index in [0.29, 0.717) is 0 Å². The number of aliphatic hydroxyl groups excluding tert-OH is 1. The lowest BCUT2D eigenvalue weighted by Crippen LogP contribution is -2.45. The number of carboxylic acid groups (broad SMARTS) is 2. The quantitative estimate of drug-likeness (QED) is 0.190. The van der Waals surface area contributed by atoms with E-state index in [1.807, 2.05) is 18.2 Å². The Labute approximate surface area is 276 Å². The van der Waals surface area contributed by atoms with Crippen molar-refractivity contribution in [3.05, 3.63) is 149 Å². The largest absolute Gasteiger partial charge is 0.478 e. The minimum absolute atomic E-state index is 0.0253. The Morgan fingerprint density at radius 2 is 1.17 bits per heavy atom. The van der Waals surface area contributed by atoms with Gasteiger partial charge < -0.3 is 24.8 Å². The fourth-order valence-corrected chi connectivity index (χ4v) is 5.00. The van der Waals surface area contributed by atoms with Gasteiger partial charge in [0, 0.05) is 25.6 Å². The molecule has 0 aromatic heterocycles. The topological polar surface area (TPSA) is 151 Å². The molecule has 0 spiro atoms. The maximum absolute atomic E-state index is 13.1. The molecule has 0 radical (unpaired) electrons. The number of aliphatic carboxylic acids is 2. The zero-order valence-electron chi connectivity index (χ0n) is 25.7. The van der Waals surface area contributed by atoms with E-state index in [2.05, 4.69) is 23.1 Å². The van der Waals surface area contributed by atoms with E-state index in [-0.39, 0.29) is 29.5 Å². The number of benzene rings is 4. The fraction of sp³-hybridized carbons (Fsp3) is 0.189. The van der Waals surface area contributed by atoms with Gasteiger partial charge in [-0.25, -0.2) is 23.6 Å². The summed E-state index contributed by atoms with van der Waals surface area (Å²) in [6.07, 6.45) is -2.28. The summed E-state index contributed by atoms with van der Waals surface area (Å²) in [7, 11) is 0. The summed E-state index contributed by atoms with van der Waals surface area (Å²) < 4.78 is 22.6. The van der Waals surface area contributed by atoms with Crippen molar-refractivity contribution in [1.82, 2.24) is 4.90 Å². The van der Waals surface area contributed by atoms with E-state index in [1.165, 1.54) is 66.2 Å². The Bertz CT molecular complexity index is 1630. The molecule has 1 aliphatic rings. The second kappa shape index (κ2) is 17.3. The third kappa shape index (κ3) is 9.92. The van der Waals surface area contributed by atoms with Crippen LogP contribution >= 0.6 is 0 Å². The molecule has 1 aliphatic heterocycles. The minimum atomic E-state index is -2.21. The van der Waals surface area contributed by atoms with Crippen LogP contribution in [0, 0.1) is 11.7 Å². The molecule has 4 aromatic carbocycles. The van der Waals surface area contributed by atoms with Gasteiger partial charge >= 0.3 is 23.9 Å². The fourth-order valence-electron chi connectivity index (χ4n) is 5.00. The third-order valence-corrected chi connectivity index (χ3v) is 7.38. The average molecular weight is 656 g/mol. The van der Waals surface area contributed by atoms with Crippen molar-refractivity contribution in [3.63, 3.8) is 0 Å². The molecule has 0 saturated heterocycles. The maximum atomic E-state index is 13.1. The van der Waals surface area contributed by atoms with Gasteiger partial charge in [0.2, 0.25) is 12.2 Å². The van der Waals surface area contributed by atoms with Gasteiger partial charge in [-0.05, 0) is 53.1 Å². The molecule has 0 bridgehead atoms. The Morgan fingerprint density at radius 1 is 0.708 bits per heavy atom. The van der Waals surface area contributed by atoms with Crippen LogP contribution in [0.4, 0.5) is 4.39 Å². The molecule has 4 aromatic rings. The summed E-state index contributed by atoms with van der Waals surface area (Å²) >= 11 is 0. The van der Waals surface area contributed by atoms with Gasteiger partial charge in [0.05, 0.1) is 17.7 Å². The molecule has 11 heteroatoms. The van der Waals surface area contributed by atoms with Crippen molar-refractivity contribution in [2.75, 3.05) is 19.7 Å².